The molecular weight excluding hydrogens is 1400 g/mol. The molecule has 2 N–H and O–H groups in total. The molecule has 0 aromatic heterocycles. The van der Waals surface area contributed by atoms with Gasteiger partial charge in [-0.1, -0.05) is 13.8 Å². The van der Waals surface area contributed by atoms with Gasteiger partial charge in [-0.05, 0) is 12.8 Å². The van der Waals surface area contributed by atoms with Crippen LogP contribution >= 0.6 is 86.0 Å². The Morgan fingerprint density at radius 2 is 0.381 bits per heavy atom. The van der Waals surface area contributed by atoms with E-state index in [0.29, 0.717) is 6.42 Å². The molecule has 84 heavy (non-hydrogen) atoms. The van der Waals surface area contributed by atoms with Crippen molar-refractivity contribution in [3.63, 3.8) is 0 Å². The van der Waals surface area contributed by atoms with Gasteiger partial charge in [-0.3, -0.25) is 50.2 Å². The molecule has 0 spiro atoms. The van der Waals surface area contributed by atoms with E-state index in [1.165, 1.54) is 6.92 Å². The normalized spacial score (nSPS) is 21.1. The molecule has 0 fully saturated rings. The summed E-state index contributed by atoms with van der Waals surface area (Å²) in [6.45, 7) is -17.1. The van der Waals surface area contributed by atoms with Crippen molar-refractivity contribution in [2.45, 2.75) is 26.7 Å². The van der Waals surface area contributed by atoms with Crippen LogP contribution in [-0.4, -0.2) is 155 Å². The van der Waals surface area contributed by atoms with Crippen molar-refractivity contribution in [2.24, 2.45) is 11.8 Å². The van der Waals surface area contributed by atoms with E-state index in [2.05, 4.69) is 95.0 Å². The fourth-order valence-corrected chi connectivity index (χ4v) is 11.5. The maximum atomic E-state index is 11.9. The minimum atomic E-state index is -5.31. The van der Waals surface area contributed by atoms with Crippen molar-refractivity contribution in [2.75, 3.05) is 145 Å². The third kappa shape index (κ3) is 49.8. The number of hydrogen-bond acceptors (Lipinski definition) is 44. The van der Waals surface area contributed by atoms with Crippen LogP contribution in [0.2, 0.25) is 0 Å². The molecule has 0 saturated carbocycles. The molecule has 13 atom stereocenters. The predicted octanol–water partition coefficient (Wildman–Crippen LogP) is -4.48. The van der Waals surface area contributed by atoms with Crippen LogP contribution in [-0.2, 0) is 145 Å². The number of aliphatic hydroxyl groups is 1. The molecule has 0 heterocycles. The van der Waals surface area contributed by atoms with Crippen LogP contribution in [0, 0.1) is 11.8 Å². The van der Waals surface area contributed by atoms with Crippen molar-refractivity contribution < 1.29 is 209 Å². The van der Waals surface area contributed by atoms with E-state index >= 15 is 0 Å². The fraction of sp³-hybridized carbons (Fsp3) is 1.00. The Morgan fingerprint density at radius 3 is 0.512 bits per heavy atom. The zero-order valence-electron chi connectivity index (χ0n) is 43.5. The van der Waals surface area contributed by atoms with Crippen LogP contribution in [0.5, 0.6) is 0 Å². The minimum Gasteiger partial charge on any atom is -0.756 e. The molecule has 0 aromatic carbocycles. The summed E-state index contributed by atoms with van der Waals surface area (Å²) >= 11 is 0. The lowest BCUT2D eigenvalue weighted by molar-refractivity contribution is -0.239. The average Bonchev–Trinajstić information content (AvgIpc) is 3.39. The molecular formula is C28H58O45P11-11. The van der Waals surface area contributed by atoms with E-state index < -0.39 is 237 Å². The van der Waals surface area contributed by atoms with Crippen molar-refractivity contribution >= 4 is 86.0 Å². The molecule has 13 unspecified atom stereocenters. The number of phosphoric ester groups is 11. The van der Waals surface area contributed by atoms with Gasteiger partial charge in [-0.2, -0.15) is 0 Å². The average molecular weight is 1460 g/mol. The molecule has 0 aromatic rings. The number of rotatable bonds is 57. The Kier molecular flexibility index (Phi) is 42.3. The molecule has 0 rings (SSSR count). The van der Waals surface area contributed by atoms with Gasteiger partial charge in [-0.25, -0.2) is 0 Å². The first-order chi connectivity index (χ1) is 38.5. The van der Waals surface area contributed by atoms with E-state index in [9.17, 15) is 104 Å². The van der Waals surface area contributed by atoms with Gasteiger partial charge in [-0.15, -0.1) is 0 Å². The van der Waals surface area contributed by atoms with Gasteiger partial charge in [0.1, 0.15) is 0 Å². The van der Waals surface area contributed by atoms with Gasteiger partial charge in [0.2, 0.25) is 0 Å². The van der Waals surface area contributed by atoms with E-state index in [0.717, 1.165) is 0 Å². The summed E-state index contributed by atoms with van der Waals surface area (Å²) in [5, 5.41) is 9.04. The third-order valence-electron chi connectivity index (χ3n) is 8.06. The van der Waals surface area contributed by atoms with E-state index in [1.807, 2.05) is 0 Å². The summed E-state index contributed by atoms with van der Waals surface area (Å²) < 4.78 is 220. The third-order valence-corrected chi connectivity index (χ3v) is 18.4. The minimum absolute atomic E-state index is 0.144. The maximum Gasteiger partial charge on any atom is 0.268 e. The van der Waals surface area contributed by atoms with Crippen LogP contribution in [0.1, 0.15) is 26.7 Å². The van der Waals surface area contributed by atoms with Gasteiger partial charge in [0.05, 0.1) is 139 Å². The smallest absolute Gasteiger partial charge is 0.268 e. The molecule has 0 radical (unpaired) electrons. The van der Waals surface area contributed by atoms with Gasteiger partial charge in [0.15, 0.2) is 0 Å². The van der Waals surface area contributed by atoms with Crippen molar-refractivity contribution in [3.8, 4) is 0 Å². The molecule has 506 valence electrons. The van der Waals surface area contributed by atoms with Gasteiger partial charge < -0.3 is 159 Å². The topological polar surface area (TPSA) is 676 Å². The predicted molar refractivity (Wildman–Crippen MR) is 246 cm³/mol. The largest absolute Gasteiger partial charge is 0.756 e. The number of phosphoric acid groups is 11. The van der Waals surface area contributed by atoms with Crippen LogP contribution in [0.25, 0.3) is 0 Å². The molecule has 0 amide bonds. The highest BCUT2D eigenvalue weighted by molar-refractivity contribution is 7.48. The molecule has 0 aliphatic heterocycles. The van der Waals surface area contributed by atoms with Crippen LogP contribution < -0.4 is 53.8 Å². The lowest BCUT2D eigenvalue weighted by atomic mass is 10.1. The monoisotopic (exact) mass is 1450 g/mol. The Labute approximate surface area is 477 Å². The van der Waals surface area contributed by atoms with Crippen LogP contribution in [0.4, 0.5) is 0 Å². The highest BCUT2D eigenvalue weighted by Crippen LogP contribution is 2.47. The van der Waals surface area contributed by atoms with E-state index in [1.54, 1.807) is 6.92 Å². The van der Waals surface area contributed by atoms with Crippen LogP contribution in [0.3, 0.4) is 0 Å². The molecule has 56 heteroatoms. The summed E-state index contributed by atoms with van der Waals surface area (Å²) in [4.78, 5) is 137. The first-order valence-corrected chi connectivity index (χ1v) is 38.9. The zero-order valence-corrected chi connectivity index (χ0v) is 53.3. The Balaban J connectivity index is 4.27. The number of aliphatic hydroxyl groups excluding tert-OH is 1. The maximum absolute atomic E-state index is 11.9. The first kappa shape index (κ1) is 85.2. The Bertz CT molecular complexity index is 2400. The standard InChI is InChI=1S/C28H69O45P11/c1-3-27(23-29)24-72-83(49,50)69-21-19-67-81(45,46)65-17-15-63-79(41,42)61-13-11-59-77(37,38)57-9-7-55-75(33,34)53-5-6-54-76(35,36)56-8-10-58-78(39,40)60-12-14-62-80(43,44)64-16-18-66-82(47,48)68-20-22-70-84(51,52)73-26-28(4-2)25-71-74(30,31)32/h27-29H,3-26H2,1-2H3,(H,33,34)(H,35,36)(H,37,38)(H,39,40)(H,41,42)(H,43,44)(H,45,46)(H,47,48)(H,49,50)(H,51,52)(H2,30,31,32)/p-11. The lowest BCUT2D eigenvalue weighted by Gasteiger charge is -2.27. The zero-order chi connectivity index (χ0) is 64.5. The highest BCUT2D eigenvalue weighted by Gasteiger charge is 2.21. The van der Waals surface area contributed by atoms with Crippen LogP contribution in [0.15, 0.2) is 0 Å². The van der Waals surface area contributed by atoms with Crippen molar-refractivity contribution in [1.82, 2.24) is 0 Å². The highest BCUT2D eigenvalue weighted by atomic mass is 31.2. The second-order valence-corrected chi connectivity index (χ2v) is 29.9. The van der Waals surface area contributed by atoms with E-state index in [-0.39, 0.29) is 13.0 Å². The van der Waals surface area contributed by atoms with Crippen molar-refractivity contribution in [1.29, 1.82) is 0 Å². The van der Waals surface area contributed by atoms with Gasteiger partial charge in [0, 0.05) is 18.4 Å². The first-order valence-electron chi connectivity index (χ1n) is 22.8. The second kappa shape index (κ2) is 41.7. The summed E-state index contributed by atoms with van der Waals surface area (Å²) in [6, 6.07) is 0. The summed E-state index contributed by atoms with van der Waals surface area (Å²) in [7, 11) is -57.1. The summed E-state index contributed by atoms with van der Waals surface area (Å²) in [5.74, 6) is -1.33. The lowest BCUT2D eigenvalue weighted by Crippen LogP contribution is -2.20. The Morgan fingerprint density at radius 1 is 0.250 bits per heavy atom. The quantitative estimate of drug-likeness (QED) is 0.0428. The van der Waals surface area contributed by atoms with E-state index in [4.69, 9.17) is 10.00 Å². The number of hydrogen-bond donors (Lipinski definition) is 2. The summed E-state index contributed by atoms with van der Waals surface area (Å²) in [6.07, 6.45) is 0.530. The SMILES string of the molecule is CCC(CO)COP(=O)([O-])OCCOP(=O)([O-])OCCOP(=O)([O-])OCCOP(=O)([O-])OCCOP(=O)([O-])OCCOP(=O)([O-])OCCOP(=O)([O-])OCCOP(=O)([O-])OCCOP(=O)([O-])OCCOP(=O)([O-])OCC(CC)COP(=O)([O-])O. The van der Waals surface area contributed by atoms with Crippen molar-refractivity contribution in [3.05, 3.63) is 0 Å². The van der Waals surface area contributed by atoms with Gasteiger partial charge >= 0.3 is 0 Å². The summed E-state index contributed by atoms with van der Waals surface area (Å²) in [5.41, 5.74) is 0. The molecule has 0 bridgehead atoms. The molecule has 0 aliphatic carbocycles. The molecule has 0 saturated heterocycles. The Hall–Kier alpha value is 1.17. The van der Waals surface area contributed by atoms with Gasteiger partial charge in [0.25, 0.3) is 86.0 Å². The molecule has 45 nitrogen and oxygen atoms in total. The second-order valence-electron chi connectivity index (χ2n) is 14.6. The fourth-order valence-electron chi connectivity index (χ4n) is 4.23. The molecule has 0 aliphatic rings.